The van der Waals surface area contributed by atoms with Crippen LogP contribution in [0.2, 0.25) is 0 Å². The third-order valence-electron chi connectivity index (χ3n) is 3.29. The molecule has 1 aliphatic carbocycles. The van der Waals surface area contributed by atoms with Crippen LogP contribution in [-0.4, -0.2) is 5.78 Å². The molecule has 0 aromatic heterocycles. The molecule has 0 amide bonds. The van der Waals surface area contributed by atoms with E-state index in [1.54, 1.807) is 21.6 Å². The van der Waals surface area contributed by atoms with Crippen LogP contribution in [0.25, 0.3) is 4.91 Å². The van der Waals surface area contributed by atoms with E-state index in [2.05, 4.69) is 30.3 Å². The molecule has 3 rings (SSSR count). The molecule has 0 bridgehead atoms. The van der Waals surface area contributed by atoms with Gasteiger partial charge in [-0.1, -0.05) is 51.9 Å². The third-order valence-corrected chi connectivity index (χ3v) is 5.76. The second-order valence-corrected chi connectivity index (χ2v) is 7.06. The van der Waals surface area contributed by atoms with Gasteiger partial charge in [0.2, 0.25) is 0 Å². The fourth-order valence-corrected chi connectivity index (χ4v) is 4.65. The Morgan fingerprint density at radius 3 is 2.15 bits per heavy atom. The number of Topliss-reactive ketones (excluding diaryl/α,β-unsaturated/α-hetero) is 1. The fourth-order valence-electron chi connectivity index (χ4n) is 2.21. The van der Waals surface area contributed by atoms with E-state index >= 15 is 0 Å². The molecule has 3 heteroatoms. The molecule has 100 valence electrons. The van der Waals surface area contributed by atoms with Gasteiger partial charge < -0.3 is 0 Å². The van der Waals surface area contributed by atoms with Crippen LogP contribution in [-0.2, 0) is 4.79 Å². The summed E-state index contributed by atoms with van der Waals surface area (Å²) >= 11 is 0. The highest BCUT2D eigenvalue weighted by Crippen LogP contribution is 2.51. The molecule has 0 atom stereocenters. The van der Waals surface area contributed by atoms with E-state index in [0.717, 1.165) is 16.7 Å². The van der Waals surface area contributed by atoms with E-state index in [0.29, 0.717) is 0 Å². The average Bonchev–Trinajstić information content (AvgIpc) is 2.95. The maximum absolute atomic E-state index is 11.8. The van der Waals surface area contributed by atoms with Crippen molar-refractivity contribution in [3.05, 3.63) is 75.7 Å². The largest absolute Gasteiger partial charge is 0.289 e. The van der Waals surface area contributed by atoms with Crippen molar-refractivity contribution >= 4 is 32.3 Å². The molecule has 0 N–H and O–H groups in total. The molecule has 0 radical (unpaired) electrons. The minimum Gasteiger partial charge on any atom is -0.289 e. The fraction of sp³-hybridized carbons (Fsp3) is 0.118. The quantitative estimate of drug-likeness (QED) is 0.667. The zero-order valence-corrected chi connectivity index (χ0v) is 13.0. The van der Waals surface area contributed by atoms with E-state index in [1.807, 2.05) is 32.1 Å². The van der Waals surface area contributed by atoms with Gasteiger partial charge in [-0.2, -0.15) is 0 Å². The Balaban J connectivity index is 1.99. The summed E-state index contributed by atoms with van der Waals surface area (Å²) in [5.41, 5.74) is 4.02. The van der Waals surface area contributed by atoms with Crippen molar-refractivity contribution in [2.24, 2.45) is 0 Å². The summed E-state index contributed by atoms with van der Waals surface area (Å²) < 4.78 is 0. The first-order valence-electron chi connectivity index (χ1n) is 6.42. The number of carbonyl (C=O) groups is 1. The second-order valence-electron chi connectivity index (χ2n) is 4.84. The van der Waals surface area contributed by atoms with Crippen molar-refractivity contribution in [1.82, 2.24) is 0 Å². The molecule has 0 saturated heterocycles. The van der Waals surface area contributed by atoms with Crippen LogP contribution in [0.5, 0.6) is 0 Å². The lowest BCUT2D eigenvalue weighted by Crippen LogP contribution is -2.06. The minimum absolute atomic E-state index is 0.150. The number of benzene rings is 1. The van der Waals surface area contributed by atoms with Gasteiger partial charge in [0, 0.05) is 9.81 Å². The minimum atomic E-state index is 0.150. The molecule has 20 heavy (non-hydrogen) atoms. The zero-order chi connectivity index (χ0) is 14.1. The normalized spacial score (nSPS) is 18.9. The smallest absolute Gasteiger partial charge is 0.184 e. The van der Waals surface area contributed by atoms with E-state index in [9.17, 15) is 4.79 Å². The highest BCUT2D eigenvalue weighted by Gasteiger charge is 2.19. The van der Waals surface area contributed by atoms with Gasteiger partial charge in [0.25, 0.3) is 0 Å². The Hall–Kier alpha value is -1.45. The number of allylic oxidation sites excluding steroid dienone is 6. The molecule has 1 aromatic rings. The van der Waals surface area contributed by atoms with Gasteiger partial charge >= 0.3 is 0 Å². The topological polar surface area (TPSA) is 17.1 Å². The van der Waals surface area contributed by atoms with Crippen LogP contribution < -0.4 is 0 Å². The number of hydrogen-bond donors (Lipinski definition) is 0. The van der Waals surface area contributed by atoms with E-state index in [4.69, 9.17) is 0 Å². The van der Waals surface area contributed by atoms with E-state index in [-0.39, 0.29) is 5.78 Å². The third kappa shape index (κ3) is 2.56. The second kappa shape index (κ2) is 5.51. The van der Waals surface area contributed by atoms with Crippen molar-refractivity contribution < 1.29 is 4.79 Å². The Labute approximate surface area is 126 Å². The molecule has 1 heterocycles. The lowest BCUT2D eigenvalue weighted by molar-refractivity contribution is -0.112. The maximum atomic E-state index is 11.8. The lowest BCUT2D eigenvalue weighted by Gasteiger charge is -2.10. The van der Waals surface area contributed by atoms with E-state index in [1.165, 1.54) is 15.4 Å². The van der Waals surface area contributed by atoms with Crippen molar-refractivity contribution in [3.63, 3.8) is 0 Å². The van der Waals surface area contributed by atoms with Gasteiger partial charge in [-0.05, 0) is 54.4 Å². The summed E-state index contributed by atoms with van der Waals surface area (Å²) in [6.07, 6.45) is 6.19. The average molecular weight is 298 g/mol. The molecule has 0 unspecified atom stereocenters. The Kier molecular flexibility index (Phi) is 3.72. The molecule has 2 aliphatic rings. The first-order valence-corrected chi connectivity index (χ1v) is 8.57. The van der Waals surface area contributed by atoms with Crippen molar-refractivity contribution in [3.8, 4) is 0 Å². The lowest BCUT2D eigenvalue weighted by atomic mass is 9.95. The molecular formula is C17H14OS2. The molecule has 1 aromatic carbocycles. The van der Waals surface area contributed by atoms with Gasteiger partial charge in [0.1, 0.15) is 0 Å². The summed E-state index contributed by atoms with van der Waals surface area (Å²) in [4.78, 5) is 14.3. The molecule has 0 spiro atoms. The predicted octanol–water partition coefficient (Wildman–Crippen LogP) is 5.15. The number of carbonyl (C=O) groups excluding carboxylic acids is 1. The molecule has 1 nitrogen and oxygen atoms in total. The number of ketones is 1. The van der Waals surface area contributed by atoms with Crippen molar-refractivity contribution in [2.75, 3.05) is 0 Å². The number of rotatable bonds is 1. The Morgan fingerprint density at radius 1 is 0.850 bits per heavy atom. The molecule has 0 saturated carbocycles. The summed E-state index contributed by atoms with van der Waals surface area (Å²) in [6.45, 7) is 3.77. The molecule has 1 aliphatic heterocycles. The Morgan fingerprint density at radius 2 is 1.50 bits per heavy atom. The van der Waals surface area contributed by atoms with Crippen LogP contribution in [0.15, 0.2) is 70.2 Å². The number of hydrogen-bond acceptors (Lipinski definition) is 3. The summed E-state index contributed by atoms with van der Waals surface area (Å²) in [5, 5.41) is 0. The first kappa shape index (κ1) is 13.5. The van der Waals surface area contributed by atoms with Crippen LogP contribution in [0.3, 0.4) is 0 Å². The highest BCUT2D eigenvalue weighted by molar-refractivity contribution is 8.82. The van der Waals surface area contributed by atoms with Crippen LogP contribution in [0.4, 0.5) is 0 Å². The zero-order valence-electron chi connectivity index (χ0n) is 11.3. The van der Waals surface area contributed by atoms with Crippen LogP contribution in [0, 0.1) is 0 Å². The summed E-state index contributed by atoms with van der Waals surface area (Å²) in [6, 6.07) is 10.4. The monoisotopic (exact) mass is 298 g/mol. The molecular weight excluding hydrogens is 284 g/mol. The van der Waals surface area contributed by atoms with Crippen molar-refractivity contribution in [1.29, 1.82) is 0 Å². The van der Waals surface area contributed by atoms with E-state index < -0.39 is 0 Å². The van der Waals surface area contributed by atoms with Crippen LogP contribution >= 0.6 is 21.6 Å². The Bertz CT molecular complexity index is 667. The van der Waals surface area contributed by atoms with Crippen molar-refractivity contribution in [2.45, 2.75) is 13.8 Å². The summed E-state index contributed by atoms with van der Waals surface area (Å²) in [5.74, 6) is 0.150. The highest BCUT2D eigenvalue weighted by atomic mass is 33.1. The predicted molar refractivity (Wildman–Crippen MR) is 89.1 cm³/mol. The SMILES string of the molecule is CC1=CC(=C2C=C(c3ccccc3)SS2)C=C(C)C1=O. The van der Waals surface area contributed by atoms with Gasteiger partial charge in [0.15, 0.2) is 5.78 Å². The van der Waals surface area contributed by atoms with Gasteiger partial charge in [-0.25, -0.2) is 0 Å². The summed E-state index contributed by atoms with van der Waals surface area (Å²) in [7, 11) is 3.54. The standard InChI is InChI=1S/C17H14OS2/c1-11-8-14(9-12(2)17(11)18)16-10-15(19-20-16)13-6-4-3-5-7-13/h3-10H,1-2H3. The molecule has 0 fully saturated rings. The van der Waals surface area contributed by atoms with Gasteiger partial charge in [-0.15, -0.1) is 0 Å². The van der Waals surface area contributed by atoms with Crippen LogP contribution in [0.1, 0.15) is 19.4 Å². The van der Waals surface area contributed by atoms with Gasteiger partial charge in [0.05, 0.1) is 0 Å². The first-order chi connectivity index (χ1) is 9.65. The maximum Gasteiger partial charge on any atom is 0.184 e. The van der Waals surface area contributed by atoms with Gasteiger partial charge in [-0.3, -0.25) is 4.79 Å².